The predicted octanol–water partition coefficient (Wildman–Crippen LogP) is -4.10. The van der Waals surface area contributed by atoms with Crippen LogP contribution in [0.15, 0.2) is 0 Å². The number of hydrogen-bond donors (Lipinski definition) is 6. The minimum Gasteiger partial charge on any atom is -0.314 e. The molecule has 180 valence electrons. The van der Waals surface area contributed by atoms with Gasteiger partial charge in [-0.05, 0) is 0 Å². The van der Waals surface area contributed by atoms with Crippen molar-refractivity contribution in [3.63, 3.8) is 0 Å². The van der Waals surface area contributed by atoms with Gasteiger partial charge in [-0.25, -0.2) is 0 Å². The molecule has 1 rings (SSSR count). The minimum absolute atomic E-state index is 0.113. The molecule has 1 heterocycles. The van der Waals surface area contributed by atoms with E-state index in [-0.39, 0.29) is 52.4 Å². The van der Waals surface area contributed by atoms with E-state index in [4.69, 9.17) is 0 Å². The fourth-order valence-corrected chi connectivity index (χ4v) is 7.66. The molecule has 0 spiro atoms. The smallest absolute Gasteiger partial charge is 0.298 e. The third-order valence-electron chi connectivity index (χ3n) is 3.92. The minimum atomic E-state index is -5.21. The van der Waals surface area contributed by atoms with Crippen molar-refractivity contribution in [1.82, 2.24) is 20.4 Å². The lowest BCUT2D eigenvalue weighted by atomic mass is 10.4. The maximum atomic E-state index is 11.4. The van der Waals surface area contributed by atoms with E-state index >= 15 is 0 Å². The fraction of sp³-hybridized carbons (Fsp3) is 1.00. The molecule has 6 N–H and O–H groups in total. The second-order valence-corrected chi connectivity index (χ2v) is 12.7. The number of rotatable bonds is 6. The Morgan fingerprint density at radius 2 is 0.700 bits per heavy atom. The highest BCUT2D eigenvalue weighted by molar-refractivity contribution is 8.04. The van der Waals surface area contributed by atoms with E-state index in [9.17, 15) is 51.9 Å². The molecular weight excluding hydrogens is 496 g/mol. The normalized spacial score (nSPS) is 20.7. The SMILES string of the molecule is O=S(=O)(O)C(N1CCNCCN(C(S(=O)(=O)O)S(=O)(=O)O)CCNCC1)S(=O)(=O)O. The molecule has 1 saturated heterocycles. The number of hydrogen-bond acceptors (Lipinski definition) is 12. The Balaban J connectivity index is 3.00. The molecule has 0 aliphatic carbocycles. The fourth-order valence-electron chi connectivity index (χ4n) is 2.85. The first-order valence-corrected chi connectivity index (χ1v) is 14.2. The van der Waals surface area contributed by atoms with Crippen molar-refractivity contribution < 1.29 is 51.9 Å². The monoisotopic (exact) mass is 520 g/mol. The van der Waals surface area contributed by atoms with Gasteiger partial charge in [0.25, 0.3) is 49.9 Å². The first-order chi connectivity index (χ1) is 13.5. The summed E-state index contributed by atoms with van der Waals surface area (Å²) in [4.78, 5) is 1.56. The van der Waals surface area contributed by atoms with Crippen LogP contribution in [-0.2, 0) is 40.5 Å². The Kier molecular flexibility index (Phi) is 9.54. The van der Waals surface area contributed by atoms with Crippen LogP contribution < -0.4 is 10.6 Å². The van der Waals surface area contributed by atoms with Crippen LogP contribution in [0.3, 0.4) is 0 Å². The molecule has 0 saturated carbocycles. The van der Waals surface area contributed by atoms with Crippen LogP contribution >= 0.6 is 0 Å². The first-order valence-electron chi connectivity index (χ1n) is 8.20. The van der Waals surface area contributed by atoms with Crippen molar-refractivity contribution >= 4 is 40.5 Å². The first kappa shape index (κ1) is 27.5. The summed E-state index contributed by atoms with van der Waals surface area (Å²) in [6, 6.07) is 0. The summed E-state index contributed by atoms with van der Waals surface area (Å²) in [7, 11) is -20.8. The topological polar surface area (TPSA) is 248 Å². The third-order valence-corrected chi connectivity index (χ3v) is 10.1. The average molecular weight is 521 g/mol. The Hall–Kier alpha value is -0.520. The van der Waals surface area contributed by atoms with E-state index in [1.54, 1.807) is 0 Å². The molecule has 0 aromatic heterocycles. The van der Waals surface area contributed by atoms with Gasteiger partial charge in [0, 0.05) is 52.4 Å². The molecular formula is C10H24N4O12S4. The molecule has 30 heavy (non-hydrogen) atoms. The van der Waals surface area contributed by atoms with E-state index in [2.05, 4.69) is 10.6 Å². The maximum absolute atomic E-state index is 11.4. The van der Waals surface area contributed by atoms with Crippen LogP contribution in [0.2, 0.25) is 0 Å². The summed E-state index contributed by atoms with van der Waals surface area (Å²) in [5.74, 6) is 0. The van der Waals surface area contributed by atoms with E-state index < -0.39 is 49.9 Å². The molecule has 16 nitrogen and oxygen atoms in total. The Morgan fingerprint density at radius 1 is 0.500 bits per heavy atom. The number of nitrogens with zero attached hydrogens (tertiary/aromatic N) is 2. The van der Waals surface area contributed by atoms with Gasteiger partial charge in [-0.2, -0.15) is 33.7 Å². The third kappa shape index (κ3) is 8.55. The van der Waals surface area contributed by atoms with Gasteiger partial charge >= 0.3 is 0 Å². The van der Waals surface area contributed by atoms with Gasteiger partial charge in [-0.15, -0.1) is 0 Å². The van der Waals surface area contributed by atoms with Gasteiger partial charge in [0.05, 0.1) is 0 Å². The molecule has 0 aromatic rings. The van der Waals surface area contributed by atoms with Crippen molar-refractivity contribution in [3.8, 4) is 0 Å². The van der Waals surface area contributed by atoms with E-state index in [1.807, 2.05) is 0 Å². The lowest BCUT2D eigenvalue weighted by Gasteiger charge is -2.30. The molecule has 0 unspecified atom stereocenters. The molecule has 0 aromatic carbocycles. The van der Waals surface area contributed by atoms with E-state index in [0.717, 1.165) is 9.80 Å². The highest BCUT2D eigenvalue weighted by atomic mass is 32.3. The average Bonchev–Trinajstić information content (AvgIpc) is 2.46. The molecule has 20 heteroatoms. The lowest BCUT2D eigenvalue weighted by Crippen LogP contribution is -2.53. The zero-order valence-electron chi connectivity index (χ0n) is 15.4. The highest BCUT2D eigenvalue weighted by Crippen LogP contribution is 2.14. The Bertz CT molecular complexity index is 836. The summed E-state index contributed by atoms with van der Waals surface area (Å²) < 4.78 is 123. The second-order valence-electron chi connectivity index (χ2n) is 6.25. The van der Waals surface area contributed by atoms with Gasteiger partial charge < -0.3 is 10.6 Å². The quantitative estimate of drug-likeness (QED) is 0.182. The molecule has 1 aliphatic rings. The van der Waals surface area contributed by atoms with Crippen molar-refractivity contribution in [2.45, 2.75) is 9.41 Å². The van der Waals surface area contributed by atoms with Crippen LogP contribution in [0, 0.1) is 0 Å². The van der Waals surface area contributed by atoms with Gasteiger partial charge in [-0.3, -0.25) is 28.0 Å². The zero-order chi connectivity index (χ0) is 23.4. The highest BCUT2D eigenvalue weighted by Gasteiger charge is 2.42. The van der Waals surface area contributed by atoms with Gasteiger partial charge in [0.15, 0.2) is 0 Å². The molecule has 0 bridgehead atoms. The van der Waals surface area contributed by atoms with Crippen LogP contribution in [0.1, 0.15) is 0 Å². The molecule has 0 radical (unpaired) electrons. The van der Waals surface area contributed by atoms with Crippen molar-refractivity contribution in [1.29, 1.82) is 0 Å². The predicted molar refractivity (Wildman–Crippen MR) is 103 cm³/mol. The second kappa shape index (κ2) is 10.4. The van der Waals surface area contributed by atoms with Crippen LogP contribution in [0.25, 0.3) is 0 Å². The summed E-state index contributed by atoms with van der Waals surface area (Å²) in [6.45, 7) is -1.65. The largest absolute Gasteiger partial charge is 0.314 e. The van der Waals surface area contributed by atoms with Crippen molar-refractivity contribution in [2.24, 2.45) is 0 Å². The van der Waals surface area contributed by atoms with Crippen LogP contribution in [0.4, 0.5) is 0 Å². The zero-order valence-corrected chi connectivity index (χ0v) is 18.7. The summed E-state index contributed by atoms with van der Waals surface area (Å²) >= 11 is 0. The van der Waals surface area contributed by atoms with Crippen LogP contribution in [-0.4, -0.2) is 123 Å². The van der Waals surface area contributed by atoms with Gasteiger partial charge in [0.2, 0.25) is 0 Å². The van der Waals surface area contributed by atoms with E-state index in [0.29, 0.717) is 0 Å². The van der Waals surface area contributed by atoms with Gasteiger partial charge in [-0.1, -0.05) is 0 Å². The maximum Gasteiger partial charge on any atom is 0.298 e. The number of nitrogens with one attached hydrogen (secondary N) is 2. The molecule has 1 aliphatic heterocycles. The molecule has 0 atom stereocenters. The summed E-state index contributed by atoms with van der Waals surface area (Å²) in [5.41, 5.74) is 0. The standard InChI is InChI=1S/C10H24N4O12S4/c15-27(16,17)9(28(18,19)20)13-5-1-11-2-6-14(8-4-12-3-7-13)10(29(21,22)23)30(24,25)26/h9-12H,1-8H2,(H,15,16,17)(H,18,19,20)(H,21,22,23)(H,24,25,26). The molecule has 0 amide bonds. The summed E-state index contributed by atoms with van der Waals surface area (Å²) in [5, 5.41) is 5.34. The molecule has 1 fully saturated rings. The Labute approximate surface area is 174 Å². The van der Waals surface area contributed by atoms with Crippen LogP contribution in [0.5, 0.6) is 0 Å². The Morgan fingerprint density at radius 3 is 0.867 bits per heavy atom. The lowest BCUT2D eigenvalue weighted by molar-refractivity contribution is 0.239. The van der Waals surface area contributed by atoms with Crippen molar-refractivity contribution in [3.05, 3.63) is 0 Å². The van der Waals surface area contributed by atoms with E-state index in [1.165, 1.54) is 0 Å². The van der Waals surface area contributed by atoms with Gasteiger partial charge in [0.1, 0.15) is 0 Å². The summed E-state index contributed by atoms with van der Waals surface area (Å²) in [6.07, 6.45) is 0. The van der Waals surface area contributed by atoms with Crippen molar-refractivity contribution in [2.75, 3.05) is 52.4 Å².